The fraction of sp³-hybridized carbons (Fsp3) is 0.232. The number of thiophene rings is 1. The zero-order valence-corrected chi connectivity index (χ0v) is 61.6. The van der Waals surface area contributed by atoms with Crippen molar-refractivity contribution in [3.63, 3.8) is 0 Å². The van der Waals surface area contributed by atoms with Crippen molar-refractivity contribution >= 4 is 130 Å². The molecule has 556 valence electrons. The summed E-state index contributed by atoms with van der Waals surface area (Å²) in [6, 6.07) is 28.9. The van der Waals surface area contributed by atoms with Gasteiger partial charge >= 0.3 is 0 Å². The molecule has 4 saturated carbocycles. The number of anilines is 8. The standard InChI is InChI=1S/C19H15ClN6O.C17H19ClN6O3S2.C17H17ClN6O2S.C16H14ClN5O.6H2/c1-2-10-9-22-18(12-5-6-14(20)13(7-12)17(21)27)24-19(10)23-16-8-15(25-26-16)11-3-4-11;1-24(6-7-25)29(26,27)15-5-4-13(28-15)17-19-9-11(18)16(21-17)20-14-8-12(22-23-14)10-2-3-10;1-19-27(25,26)12-4-2-3-11(7-12)16-20-9-13(18)17(22-16)21-15-8-14(23-24-15)10-5-6-10;17-12-8-18-15(10-3-5-11(23)6-4-10)20-16(12)19-14-7-13(21-22-14)9-1-2-9;;;;;;/h1,5-9,11H,3-4H2,(H2,21,27)(H2,22,23,24,25,26);4-5,8-10,25H,2-3,6-7H2,1H3,(H2,19,20,21,22,23);2-4,7-10,19H,5-6H2,1H3,(H2,20,21,22,23,24);3-9,23H,1-2H2,(H2,18,19,20,21,22);6*1H. The Morgan fingerprint density at radius 3 is 1.45 bits per heavy atom. The summed E-state index contributed by atoms with van der Waals surface area (Å²) >= 11 is 25.7. The number of rotatable bonds is 23. The van der Waals surface area contributed by atoms with E-state index in [1.54, 1.807) is 66.9 Å². The Morgan fingerprint density at radius 1 is 0.575 bits per heavy atom. The number of hydrogen-bond donors (Lipinski definition) is 12. The molecule has 0 bridgehead atoms. The van der Waals surface area contributed by atoms with E-state index in [0.717, 1.165) is 56.8 Å². The number of primary amides is 1. The summed E-state index contributed by atoms with van der Waals surface area (Å²) in [6.07, 6.45) is 21.0. The number of nitrogens with zero attached hydrogens (tertiary/aromatic N) is 13. The van der Waals surface area contributed by atoms with Gasteiger partial charge < -0.3 is 37.2 Å². The van der Waals surface area contributed by atoms with E-state index in [1.165, 1.54) is 89.4 Å². The predicted molar refractivity (Wildman–Crippen MR) is 417 cm³/mol. The van der Waals surface area contributed by atoms with Crippen molar-refractivity contribution in [3.05, 3.63) is 182 Å². The molecular weight excluding hydrogens is 1500 g/mol. The van der Waals surface area contributed by atoms with Gasteiger partial charge in [-0.15, -0.1) is 17.8 Å². The first-order valence-corrected chi connectivity index (χ1v) is 38.1. The van der Waals surface area contributed by atoms with Gasteiger partial charge in [0, 0.05) is 116 Å². The molecule has 4 fully saturated rings. The van der Waals surface area contributed by atoms with Crippen LogP contribution in [-0.4, -0.2) is 145 Å². The van der Waals surface area contributed by atoms with Crippen LogP contribution in [0.1, 0.15) is 122 Å². The van der Waals surface area contributed by atoms with Crippen LogP contribution in [0.4, 0.5) is 46.5 Å². The minimum atomic E-state index is -3.67. The van der Waals surface area contributed by atoms with E-state index in [4.69, 9.17) is 63.7 Å². The molecule has 37 heteroatoms. The summed E-state index contributed by atoms with van der Waals surface area (Å²) in [7, 11) is -4.44. The summed E-state index contributed by atoms with van der Waals surface area (Å²) in [5.41, 5.74) is 12.4. The molecule has 3 aromatic carbocycles. The number of nitrogens with one attached hydrogen (secondary N) is 9. The average molecular weight is 1580 g/mol. The second-order valence-electron chi connectivity index (χ2n) is 24.7. The maximum absolute atomic E-state index is 12.5. The molecule has 13 N–H and O–H groups in total. The maximum atomic E-state index is 12.5. The summed E-state index contributed by atoms with van der Waals surface area (Å²) < 4.78 is 52.6. The van der Waals surface area contributed by atoms with Crippen LogP contribution in [0.3, 0.4) is 0 Å². The van der Waals surface area contributed by atoms with Gasteiger partial charge in [0.1, 0.15) is 25.0 Å². The minimum Gasteiger partial charge on any atom is -0.508 e. The van der Waals surface area contributed by atoms with E-state index >= 15 is 0 Å². The molecule has 0 radical (unpaired) electrons. The number of halogens is 4. The smallest absolute Gasteiger partial charge is 0.252 e. The van der Waals surface area contributed by atoms with Crippen molar-refractivity contribution in [1.29, 1.82) is 0 Å². The number of carbonyl (C=O) groups is 1. The number of aromatic amines is 4. The molecule has 4 aliphatic carbocycles. The number of aromatic hydroxyl groups is 1. The van der Waals surface area contributed by atoms with Crippen LogP contribution in [0.5, 0.6) is 5.75 Å². The van der Waals surface area contributed by atoms with Crippen molar-refractivity contribution in [2.75, 3.05) is 48.5 Å². The number of hydrogen-bond acceptors (Lipinski definition) is 24. The number of carbonyl (C=O) groups excluding carboxylic acids is 1. The second kappa shape index (κ2) is 32.1. The molecule has 0 saturated heterocycles. The number of aromatic nitrogens is 16. The van der Waals surface area contributed by atoms with E-state index in [1.807, 2.05) is 24.3 Å². The highest BCUT2D eigenvalue weighted by molar-refractivity contribution is 7.91. The van der Waals surface area contributed by atoms with Crippen molar-refractivity contribution in [2.24, 2.45) is 5.73 Å². The number of phenols is 1. The van der Waals surface area contributed by atoms with Gasteiger partial charge in [0.15, 0.2) is 69.8 Å². The Morgan fingerprint density at radius 2 is 1.00 bits per heavy atom. The zero-order valence-electron chi connectivity index (χ0n) is 56.1. The summed E-state index contributed by atoms with van der Waals surface area (Å²) in [5.74, 6) is 10.3. The molecule has 30 nitrogen and oxygen atoms in total. The SMILES string of the molecule is C#Cc1cnc(-c2ccc(Cl)c(C(N)=O)c2)nc1Nc1cc(C2CC2)[nH]n1.CN(CCO)S(=O)(=O)c1ccc(-c2ncc(Cl)c(Nc3cc(C4CC4)[nH]n3)n2)s1.CNS(=O)(=O)c1cccc(-c2ncc(Cl)c(Nc3cc(C4CC4)[nH]n3)n2)c1.Oc1ccc(-c2ncc(Cl)c(Nc3cc(C4CC4)[nH]n3)n2)cc1.[HH].[HH].[HH].[HH].[HH].[HH]. The van der Waals surface area contributed by atoms with Crippen LogP contribution in [0.2, 0.25) is 20.1 Å². The molecule has 0 spiro atoms. The summed E-state index contributed by atoms with van der Waals surface area (Å²) in [4.78, 5) is 47.0. The van der Waals surface area contributed by atoms with E-state index in [2.05, 4.69) is 113 Å². The number of aliphatic hydroxyl groups is 1. The Kier molecular flexibility index (Phi) is 22.3. The Balaban J connectivity index is 0.000000204. The lowest BCUT2D eigenvalue weighted by Gasteiger charge is -2.13. The van der Waals surface area contributed by atoms with Gasteiger partial charge in [0.2, 0.25) is 15.9 Å². The van der Waals surface area contributed by atoms with Crippen molar-refractivity contribution in [2.45, 2.75) is 84.1 Å². The number of H-pyrrole nitrogens is 4. The number of sulfonamides is 2. The number of terminal acetylenes is 1. The van der Waals surface area contributed by atoms with Gasteiger partial charge in [-0.3, -0.25) is 25.2 Å². The number of aliphatic hydroxyl groups excluding tert-OH is 1. The van der Waals surface area contributed by atoms with Gasteiger partial charge in [0.05, 0.1) is 51.1 Å². The van der Waals surface area contributed by atoms with Gasteiger partial charge in [-0.05, 0) is 125 Å². The van der Waals surface area contributed by atoms with E-state index in [-0.39, 0.29) is 47.2 Å². The van der Waals surface area contributed by atoms with Crippen LogP contribution < -0.4 is 31.7 Å². The first kappa shape index (κ1) is 73.8. The molecule has 16 rings (SSSR count). The lowest BCUT2D eigenvalue weighted by molar-refractivity contribution is 0.100. The first-order chi connectivity index (χ1) is 51.1. The molecule has 1 amide bonds. The fourth-order valence-corrected chi connectivity index (χ4v) is 14.4. The third-order valence-corrected chi connectivity index (χ3v) is 22.8. The minimum absolute atomic E-state index is 0. The van der Waals surface area contributed by atoms with Crippen LogP contribution >= 0.6 is 57.7 Å². The third kappa shape index (κ3) is 18.2. The topological polar surface area (TPSA) is 433 Å². The lowest BCUT2D eigenvalue weighted by Crippen LogP contribution is -2.29. The lowest BCUT2D eigenvalue weighted by atomic mass is 10.1. The van der Waals surface area contributed by atoms with Crippen molar-refractivity contribution in [3.8, 4) is 63.0 Å². The molecule has 9 heterocycles. The summed E-state index contributed by atoms with van der Waals surface area (Å²) in [6.45, 7) is -0.230. The quantitative estimate of drug-likeness (QED) is 0.0265. The van der Waals surface area contributed by atoms with Crippen LogP contribution in [0.15, 0.2) is 137 Å². The van der Waals surface area contributed by atoms with Gasteiger partial charge in [-0.2, -0.15) is 24.7 Å². The first-order valence-electron chi connectivity index (χ1n) is 32.9. The molecule has 12 aromatic rings. The molecule has 0 aliphatic heterocycles. The van der Waals surface area contributed by atoms with Crippen LogP contribution in [0.25, 0.3) is 44.9 Å². The van der Waals surface area contributed by atoms with E-state index in [0.29, 0.717) is 130 Å². The third-order valence-electron chi connectivity index (χ3n) is 16.8. The van der Waals surface area contributed by atoms with Gasteiger partial charge in [-0.1, -0.05) is 64.5 Å². The van der Waals surface area contributed by atoms with Gasteiger partial charge in [-0.25, -0.2) is 61.4 Å². The molecule has 0 atom stereocenters. The maximum Gasteiger partial charge on any atom is 0.252 e. The summed E-state index contributed by atoms with van der Waals surface area (Å²) in [5, 5.41) is 61.2. The molecule has 106 heavy (non-hydrogen) atoms. The second-order valence-corrected chi connectivity index (χ2v) is 31.6. The Labute approximate surface area is 639 Å². The monoisotopic (exact) mass is 1580 g/mol. The Hall–Kier alpha value is -10.5. The highest BCUT2D eigenvalue weighted by Gasteiger charge is 2.30. The number of amides is 1. The fourth-order valence-electron chi connectivity index (χ4n) is 10.4. The number of benzene rings is 3. The zero-order chi connectivity index (χ0) is 74.4. The number of nitrogens with two attached hydrogens (primary N) is 1. The number of phenolic OH excluding ortho intramolecular Hbond substituents is 1. The van der Waals surface area contributed by atoms with Crippen molar-refractivity contribution < 1.29 is 40.4 Å². The highest BCUT2D eigenvalue weighted by Crippen LogP contribution is 2.43. The average Bonchev–Trinajstić information content (AvgIpc) is 1.53. The van der Waals surface area contributed by atoms with E-state index < -0.39 is 26.0 Å². The molecular formula is C69H77Cl4N23O7S3. The molecule has 0 unspecified atom stereocenters. The molecule has 9 aromatic heterocycles. The largest absolute Gasteiger partial charge is 0.508 e. The number of likely N-dealkylation sites (N-methyl/N-ethyl adjacent to an activating group) is 1. The molecule has 4 aliphatic rings. The van der Waals surface area contributed by atoms with E-state index in [9.17, 15) is 26.7 Å². The van der Waals surface area contributed by atoms with Crippen molar-refractivity contribution in [1.82, 2.24) is 89.7 Å². The Bertz CT molecular complexity index is 5520. The normalized spacial score (nSPS) is 14.0. The van der Waals surface area contributed by atoms with Crippen LogP contribution in [0, 0.1) is 12.3 Å². The predicted octanol–water partition coefficient (Wildman–Crippen LogP) is 14.4. The van der Waals surface area contributed by atoms with Crippen LogP contribution in [-0.2, 0) is 20.0 Å². The van der Waals surface area contributed by atoms with Gasteiger partial charge in [0.25, 0.3) is 10.0 Å². The highest BCUT2D eigenvalue weighted by atomic mass is 35.5.